The van der Waals surface area contributed by atoms with E-state index in [1.54, 1.807) is 0 Å². The van der Waals surface area contributed by atoms with E-state index in [0.717, 1.165) is 0 Å². The van der Waals surface area contributed by atoms with Gasteiger partial charge in [-0.05, 0) is 26.7 Å². The van der Waals surface area contributed by atoms with Crippen molar-refractivity contribution in [2.24, 2.45) is 16.2 Å². The molecule has 6 nitrogen and oxygen atoms in total. The molecular weight excluding hydrogens is 276 g/mol. The van der Waals surface area contributed by atoms with Gasteiger partial charge in [0.05, 0.1) is 16.2 Å². The zero-order valence-corrected chi connectivity index (χ0v) is 12.5. The molecule has 0 aromatic rings. The van der Waals surface area contributed by atoms with Crippen molar-refractivity contribution in [1.29, 1.82) is 0 Å². The van der Waals surface area contributed by atoms with Crippen molar-refractivity contribution in [2.45, 2.75) is 46.5 Å². The molecule has 3 atom stereocenters. The molecule has 3 N–H and O–H groups in total. The first-order valence-corrected chi connectivity index (χ1v) is 6.96. The minimum atomic E-state index is -1.63. The Labute approximate surface area is 123 Å². The first-order valence-electron chi connectivity index (χ1n) is 6.96. The lowest BCUT2D eigenvalue weighted by atomic mass is 9.52. The highest BCUT2D eigenvalue weighted by Gasteiger charge is 2.62. The monoisotopic (exact) mass is 298 g/mol. The molecule has 6 heteroatoms. The van der Waals surface area contributed by atoms with Gasteiger partial charge in [-0.1, -0.05) is 31.9 Å². The molecule has 21 heavy (non-hydrogen) atoms. The molecule has 0 aromatic carbocycles. The van der Waals surface area contributed by atoms with Gasteiger partial charge in [-0.25, -0.2) is 0 Å². The summed E-state index contributed by atoms with van der Waals surface area (Å²) in [6.07, 6.45) is 3.70. The van der Waals surface area contributed by atoms with E-state index in [1.807, 2.05) is 6.92 Å². The average molecular weight is 298 g/mol. The Morgan fingerprint density at radius 1 is 1.00 bits per heavy atom. The summed E-state index contributed by atoms with van der Waals surface area (Å²) in [5.74, 6) is -3.64. The third-order valence-electron chi connectivity index (χ3n) is 4.75. The smallest absolute Gasteiger partial charge is 0.314 e. The minimum absolute atomic E-state index is 0.134. The molecule has 0 heterocycles. The normalized spacial score (nSPS) is 35.4. The van der Waals surface area contributed by atoms with Gasteiger partial charge in [-0.2, -0.15) is 0 Å². The van der Waals surface area contributed by atoms with Gasteiger partial charge in [0.15, 0.2) is 0 Å². The molecule has 0 fully saturated rings. The van der Waals surface area contributed by atoms with E-state index in [9.17, 15) is 29.7 Å². The second kappa shape index (κ2) is 5.50. The predicted molar refractivity (Wildman–Crippen MR) is 74.8 cm³/mol. The van der Waals surface area contributed by atoms with E-state index in [-0.39, 0.29) is 12.8 Å². The zero-order valence-electron chi connectivity index (χ0n) is 12.5. The Kier molecular flexibility index (Phi) is 4.51. The Bertz CT molecular complexity index is 496. The number of hydrogen-bond donors (Lipinski definition) is 3. The van der Waals surface area contributed by atoms with Crippen molar-refractivity contribution in [1.82, 2.24) is 0 Å². The van der Waals surface area contributed by atoms with Crippen molar-refractivity contribution in [3.8, 4) is 0 Å². The predicted octanol–water partition coefficient (Wildman–Crippen LogP) is 2.39. The van der Waals surface area contributed by atoms with E-state index in [4.69, 9.17) is 0 Å². The molecule has 0 aromatic heterocycles. The van der Waals surface area contributed by atoms with Gasteiger partial charge in [0.2, 0.25) is 0 Å². The van der Waals surface area contributed by atoms with Crippen molar-refractivity contribution in [3.63, 3.8) is 0 Å². The van der Waals surface area contributed by atoms with Gasteiger partial charge in [-0.3, -0.25) is 14.4 Å². The van der Waals surface area contributed by atoms with Crippen LogP contribution in [-0.4, -0.2) is 33.2 Å². The maximum absolute atomic E-state index is 11.9. The fourth-order valence-corrected chi connectivity index (χ4v) is 3.03. The third kappa shape index (κ3) is 2.54. The van der Waals surface area contributed by atoms with Crippen molar-refractivity contribution < 1.29 is 29.7 Å². The fourth-order valence-electron chi connectivity index (χ4n) is 3.03. The largest absolute Gasteiger partial charge is 0.481 e. The topological polar surface area (TPSA) is 112 Å². The van der Waals surface area contributed by atoms with Crippen LogP contribution in [-0.2, 0) is 14.4 Å². The maximum Gasteiger partial charge on any atom is 0.314 e. The lowest BCUT2D eigenvalue weighted by Crippen LogP contribution is -2.55. The van der Waals surface area contributed by atoms with Crippen LogP contribution in [0.15, 0.2) is 12.2 Å². The van der Waals surface area contributed by atoms with Crippen LogP contribution in [0, 0.1) is 16.2 Å². The number of carboxylic acid groups (broad SMARTS) is 3. The number of carboxylic acids is 3. The molecule has 1 rings (SSSR count). The third-order valence-corrected chi connectivity index (χ3v) is 4.75. The first kappa shape index (κ1) is 17.2. The zero-order chi connectivity index (χ0) is 16.5. The summed E-state index contributed by atoms with van der Waals surface area (Å²) in [6.45, 7) is 4.66. The van der Waals surface area contributed by atoms with Gasteiger partial charge in [0.1, 0.15) is 0 Å². The standard InChI is InChI=1S/C15H22O6/c1-4-5-6-15(12(20)21)9-13(2,10(16)17)7-8-14(15,3)11(18)19/h7-8H,4-6,9H2,1-3H3,(H,16,17)(H,18,19)(H,20,21). The Balaban J connectivity index is 3.51. The lowest BCUT2D eigenvalue weighted by Gasteiger charge is -2.47. The maximum atomic E-state index is 11.9. The highest BCUT2D eigenvalue weighted by molar-refractivity contribution is 5.90. The van der Waals surface area contributed by atoms with Gasteiger partial charge in [-0.15, -0.1) is 0 Å². The second-order valence-electron chi connectivity index (χ2n) is 6.23. The van der Waals surface area contributed by atoms with Crippen LogP contribution in [0.3, 0.4) is 0 Å². The van der Waals surface area contributed by atoms with Crippen LogP contribution in [0.1, 0.15) is 46.5 Å². The molecule has 0 aliphatic heterocycles. The Morgan fingerprint density at radius 2 is 1.57 bits per heavy atom. The Hall–Kier alpha value is -1.85. The molecule has 0 saturated heterocycles. The summed E-state index contributed by atoms with van der Waals surface area (Å²) < 4.78 is 0. The van der Waals surface area contributed by atoms with E-state index < -0.39 is 34.2 Å². The number of aliphatic carboxylic acids is 3. The minimum Gasteiger partial charge on any atom is -0.481 e. The van der Waals surface area contributed by atoms with Crippen LogP contribution in [0.5, 0.6) is 0 Å². The van der Waals surface area contributed by atoms with E-state index >= 15 is 0 Å². The second-order valence-corrected chi connectivity index (χ2v) is 6.23. The van der Waals surface area contributed by atoms with Gasteiger partial charge >= 0.3 is 17.9 Å². The quantitative estimate of drug-likeness (QED) is 0.649. The number of unbranched alkanes of at least 4 members (excludes halogenated alkanes) is 1. The molecular formula is C15H22O6. The number of rotatable bonds is 6. The summed E-state index contributed by atoms with van der Waals surface area (Å²) in [5, 5.41) is 28.6. The van der Waals surface area contributed by atoms with Gasteiger partial charge in [0, 0.05) is 0 Å². The van der Waals surface area contributed by atoms with Crippen molar-refractivity contribution in [3.05, 3.63) is 12.2 Å². The van der Waals surface area contributed by atoms with Crippen LogP contribution in [0.25, 0.3) is 0 Å². The Morgan fingerprint density at radius 3 is 1.95 bits per heavy atom. The van der Waals surface area contributed by atoms with E-state index in [0.29, 0.717) is 12.8 Å². The number of hydrogen-bond acceptors (Lipinski definition) is 3. The summed E-state index contributed by atoms with van der Waals surface area (Å²) in [5.41, 5.74) is -4.62. The van der Waals surface area contributed by atoms with Crippen LogP contribution in [0.4, 0.5) is 0 Å². The summed E-state index contributed by atoms with van der Waals surface area (Å²) >= 11 is 0. The van der Waals surface area contributed by atoms with Crippen molar-refractivity contribution in [2.75, 3.05) is 0 Å². The highest BCUT2D eigenvalue weighted by Crippen LogP contribution is 2.56. The van der Waals surface area contributed by atoms with Crippen LogP contribution >= 0.6 is 0 Å². The summed E-state index contributed by atoms with van der Waals surface area (Å²) in [4.78, 5) is 35.1. The SMILES string of the molecule is CCCCC1(C(=O)O)CC(C)(C(=O)O)C=CC1(C)C(=O)O. The first-order chi connectivity index (χ1) is 9.56. The van der Waals surface area contributed by atoms with Crippen LogP contribution < -0.4 is 0 Å². The molecule has 3 unspecified atom stereocenters. The average Bonchev–Trinajstić information content (AvgIpc) is 2.39. The lowest BCUT2D eigenvalue weighted by molar-refractivity contribution is -0.176. The molecule has 0 amide bonds. The summed E-state index contributed by atoms with van der Waals surface area (Å²) in [6, 6.07) is 0. The highest BCUT2D eigenvalue weighted by atomic mass is 16.4. The van der Waals surface area contributed by atoms with Gasteiger partial charge in [0.25, 0.3) is 0 Å². The summed E-state index contributed by atoms with van der Waals surface area (Å²) in [7, 11) is 0. The van der Waals surface area contributed by atoms with Crippen LogP contribution in [0.2, 0.25) is 0 Å². The molecule has 118 valence electrons. The fraction of sp³-hybridized carbons (Fsp3) is 0.667. The van der Waals surface area contributed by atoms with E-state index in [1.165, 1.54) is 26.0 Å². The molecule has 0 saturated carbocycles. The molecule has 0 radical (unpaired) electrons. The molecule has 1 aliphatic rings. The van der Waals surface area contributed by atoms with E-state index in [2.05, 4.69) is 0 Å². The molecule has 1 aliphatic carbocycles. The van der Waals surface area contributed by atoms with Gasteiger partial charge < -0.3 is 15.3 Å². The molecule has 0 spiro atoms. The van der Waals surface area contributed by atoms with Crippen molar-refractivity contribution >= 4 is 17.9 Å². The molecule has 0 bridgehead atoms. The number of carbonyl (C=O) groups is 3.